The first-order valence-electron chi connectivity index (χ1n) is 6.66. The summed E-state index contributed by atoms with van der Waals surface area (Å²) in [7, 11) is 0. The highest BCUT2D eigenvalue weighted by Gasteiger charge is 2.52. The number of hydrogen-bond donors (Lipinski definition) is 0. The number of carbonyl (C=O) groups is 1. The topological polar surface area (TPSA) is 68.2 Å². The number of rotatable bonds is 4. The van der Waals surface area contributed by atoms with Crippen molar-refractivity contribution in [1.82, 2.24) is 4.57 Å². The summed E-state index contributed by atoms with van der Waals surface area (Å²) in [5, 5.41) is 9.36. The Morgan fingerprint density at radius 3 is 2.73 bits per heavy atom. The molecular weight excluding hydrogens is 327 g/mol. The molecule has 22 heavy (non-hydrogen) atoms. The van der Waals surface area contributed by atoms with Gasteiger partial charge in [0, 0.05) is 18.3 Å². The molecule has 2 heterocycles. The van der Waals surface area contributed by atoms with E-state index in [0.29, 0.717) is 18.1 Å². The summed E-state index contributed by atoms with van der Waals surface area (Å²) < 4.78 is 11.6. The lowest BCUT2D eigenvalue weighted by Gasteiger charge is -2.04. The van der Waals surface area contributed by atoms with Crippen LogP contribution < -0.4 is 0 Å². The molecule has 0 aromatic carbocycles. The van der Waals surface area contributed by atoms with E-state index in [2.05, 4.69) is 0 Å². The molecule has 114 valence electrons. The number of hydrogen-bond acceptors (Lipinski definition) is 4. The molecule has 7 heteroatoms. The lowest BCUT2D eigenvalue weighted by atomic mass is 10.1. The van der Waals surface area contributed by atoms with E-state index in [1.54, 1.807) is 36.0 Å². The number of carbonyl (C=O) groups excluding carboxylic acids is 1. The van der Waals surface area contributed by atoms with E-state index < -0.39 is 10.3 Å². The maximum Gasteiger partial charge on any atom is 0.343 e. The zero-order valence-electron chi connectivity index (χ0n) is 11.7. The Morgan fingerprint density at radius 1 is 1.55 bits per heavy atom. The lowest BCUT2D eigenvalue weighted by Crippen LogP contribution is -2.11. The number of aromatic nitrogens is 1. The van der Waals surface area contributed by atoms with E-state index in [-0.39, 0.29) is 23.7 Å². The normalized spacial score (nSPS) is 18.7. The second-order valence-electron chi connectivity index (χ2n) is 5.18. The van der Waals surface area contributed by atoms with E-state index in [0.717, 1.165) is 0 Å². The van der Waals surface area contributed by atoms with Crippen LogP contribution in [0.4, 0.5) is 0 Å². The zero-order chi connectivity index (χ0) is 15.9. The summed E-state index contributed by atoms with van der Waals surface area (Å²) in [6.45, 7) is 1.75. The number of furan rings is 1. The average Bonchev–Trinajstić information content (AvgIpc) is 2.90. The Bertz CT molecular complexity index is 757. The van der Waals surface area contributed by atoms with Crippen molar-refractivity contribution in [2.45, 2.75) is 17.7 Å². The molecule has 1 aliphatic carbocycles. The smallest absolute Gasteiger partial charge is 0.343 e. The van der Waals surface area contributed by atoms with Crippen LogP contribution in [0.5, 0.6) is 0 Å². The largest absolute Gasteiger partial charge is 0.462 e. The van der Waals surface area contributed by atoms with Crippen molar-refractivity contribution in [3.05, 3.63) is 41.4 Å². The number of nitrogens with zero attached hydrogens (tertiary/aromatic N) is 2. The van der Waals surface area contributed by atoms with Crippen molar-refractivity contribution in [2.24, 2.45) is 5.92 Å². The molecule has 1 unspecified atom stereocenters. The van der Waals surface area contributed by atoms with Gasteiger partial charge in [0.05, 0.1) is 6.61 Å². The van der Waals surface area contributed by atoms with Crippen LogP contribution in [-0.4, -0.2) is 21.5 Å². The number of ether oxygens (including phenoxy) is 1. The number of alkyl halides is 2. The summed E-state index contributed by atoms with van der Waals surface area (Å²) in [5.41, 5.74) is 0.291. The van der Waals surface area contributed by atoms with Gasteiger partial charge in [0.2, 0.25) is 5.88 Å². The average molecular weight is 339 g/mol. The summed E-state index contributed by atoms with van der Waals surface area (Å²) >= 11 is 11.8. The Hall–Kier alpha value is -1.90. The molecule has 3 rings (SSSR count). The number of aryl methyl sites for hydroxylation is 1. The van der Waals surface area contributed by atoms with E-state index >= 15 is 0 Å². The fourth-order valence-electron chi connectivity index (χ4n) is 2.23. The molecule has 0 radical (unpaired) electrons. The van der Waals surface area contributed by atoms with Gasteiger partial charge in [-0.05, 0) is 25.5 Å². The zero-order valence-corrected chi connectivity index (χ0v) is 13.2. The monoisotopic (exact) mass is 338 g/mol. The van der Waals surface area contributed by atoms with E-state index in [1.807, 2.05) is 6.07 Å². The van der Waals surface area contributed by atoms with Crippen LogP contribution in [-0.2, 0) is 4.74 Å². The summed E-state index contributed by atoms with van der Waals surface area (Å²) in [5.74, 6) is -0.0369. The number of esters is 1. The fraction of sp³-hybridized carbons (Fsp3) is 0.333. The van der Waals surface area contributed by atoms with Crippen LogP contribution in [0.2, 0.25) is 0 Å². The van der Waals surface area contributed by atoms with Gasteiger partial charge in [-0.15, -0.1) is 23.2 Å². The molecule has 5 nitrogen and oxygen atoms in total. The van der Waals surface area contributed by atoms with Crippen molar-refractivity contribution in [3.63, 3.8) is 0 Å². The molecule has 0 bridgehead atoms. The molecule has 2 aromatic heterocycles. The van der Waals surface area contributed by atoms with E-state index in [4.69, 9.17) is 32.4 Å². The van der Waals surface area contributed by atoms with Gasteiger partial charge in [0.25, 0.3) is 0 Å². The van der Waals surface area contributed by atoms with Crippen LogP contribution in [0.15, 0.2) is 28.9 Å². The molecule has 1 fully saturated rings. The van der Waals surface area contributed by atoms with Crippen LogP contribution in [0, 0.1) is 24.2 Å². The van der Waals surface area contributed by atoms with Crippen LogP contribution in [0.3, 0.4) is 0 Å². The van der Waals surface area contributed by atoms with Crippen LogP contribution in [0.25, 0.3) is 5.88 Å². The predicted molar refractivity (Wildman–Crippen MR) is 80.3 cm³/mol. The minimum atomic E-state index is -0.805. The number of nitriles is 1. The van der Waals surface area contributed by atoms with Gasteiger partial charge < -0.3 is 9.15 Å². The van der Waals surface area contributed by atoms with Gasteiger partial charge in [-0.1, -0.05) is 0 Å². The van der Waals surface area contributed by atoms with Gasteiger partial charge in [0.1, 0.15) is 27.3 Å². The maximum absolute atomic E-state index is 12.2. The first-order valence-corrected chi connectivity index (χ1v) is 7.41. The SMILES string of the molecule is Cc1oc(-n2cccc2)c(C#N)c1C(=O)OCC1CC1(Cl)Cl. The Kier molecular flexibility index (Phi) is 3.67. The van der Waals surface area contributed by atoms with Gasteiger partial charge in [-0.25, -0.2) is 4.79 Å². The minimum Gasteiger partial charge on any atom is -0.462 e. The Morgan fingerprint density at radius 2 is 2.18 bits per heavy atom. The van der Waals surface area contributed by atoms with Crippen molar-refractivity contribution >= 4 is 29.2 Å². The van der Waals surface area contributed by atoms with Crippen molar-refractivity contribution < 1.29 is 13.9 Å². The van der Waals surface area contributed by atoms with Crippen molar-refractivity contribution in [2.75, 3.05) is 6.61 Å². The van der Waals surface area contributed by atoms with Crippen molar-refractivity contribution in [3.8, 4) is 12.0 Å². The lowest BCUT2D eigenvalue weighted by molar-refractivity contribution is 0.0483. The molecule has 1 aliphatic rings. The Balaban J connectivity index is 1.84. The molecule has 0 spiro atoms. The van der Waals surface area contributed by atoms with Crippen molar-refractivity contribution in [1.29, 1.82) is 5.26 Å². The quantitative estimate of drug-likeness (QED) is 0.630. The molecule has 1 saturated carbocycles. The first kappa shape index (κ1) is 15.0. The molecule has 0 amide bonds. The maximum atomic E-state index is 12.2. The standard InChI is InChI=1S/C15H12Cl2N2O3/c1-9-12(14(20)21-8-10-6-15(10,16)17)11(7-18)13(22-9)19-4-2-3-5-19/h2-5,10H,6,8H2,1H3. The second-order valence-corrected chi connectivity index (χ2v) is 6.72. The molecule has 1 atom stereocenters. The van der Waals surface area contributed by atoms with Crippen LogP contribution >= 0.6 is 23.2 Å². The van der Waals surface area contributed by atoms with E-state index in [1.165, 1.54) is 0 Å². The summed E-state index contributed by atoms with van der Waals surface area (Å²) in [6.07, 6.45) is 4.05. The van der Waals surface area contributed by atoms with Gasteiger partial charge in [0.15, 0.2) is 0 Å². The fourth-order valence-corrected chi connectivity index (χ4v) is 2.73. The van der Waals surface area contributed by atoms with Gasteiger partial charge in [-0.3, -0.25) is 4.57 Å². The highest BCUT2D eigenvalue weighted by atomic mass is 35.5. The third-order valence-electron chi connectivity index (χ3n) is 3.59. The van der Waals surface area contributed by atoms with Gasteiger partial charge >= 0.3 is 5.97 Å². The third kappa shape index (κ3) is 2.60. The molecular formula is C15H12Cl2N2O3. The van der Waals surface area contributed by atoms with Crippen LogP contribution in [0.1, 0.15) is 28.1 Å². The van der Waals surface area contributed by atoms with E-state index in [9.17, 15) is 10.1 Å². The molecule has 0 aliphatic heterocycles. The summed E-state index contributed by atoms with van der Waals surface area (Å²) in [6, 6.07) is 5.60. The molecule has 2 aromatic rings. The Labute approximate surface area is 137 Å². The minimum absolute atomic E-state index is 0.0681. The third-order valence-corrected chi connectivity index (χ3v) is 4.52. The van der Waals surface area contributed by atoms with Gasteiger partial charge in [-0.2, -0.15) is 5.26 Å². The highest BCUT2D eigenvalue weighted by Crippen LogP contribution is 2.53. The molecule has 0 N–H and O–H groups in total. The second kappa shape index (κ2) is 5.38. The predicted octanol–water partition coefficient (Wildman–Crippen LogP) is 3.60. The first-order chi connectivity index (χ1) is 10.4. The highest BCUT2D eigenvalue weighted by molar-refractivity contribution is 6.50. The molecule has 0 saturated heterocycles. The number of halogens is 2. The summed E-state index contributed by atoms with van der Waals surface area (Å²) in [4.78, 5) is 12.2.